The Morgan fingerprint density at radius 2 is 1.68 bits per heavy atom. The van der Waals surface area contributed by atoms with E-state index in [0.29, 0.717) is 11.6 Å². The van der Waals surface area contributed by atoms with Gasteiger partial charge in [0.1, 0.15) is 5.69 Å². The van der Waals surface area contributed by atoms with Crippen molar-refractivity contribution in [2.24, 2.45) is 11.8 Å². The summed E-state index contributed by atoms with van der Waals surface area (Å²) in [7, 11) is -4.13. The van der Waals surface area contributed by atoms with Crippen molar-refractivity contribution in [1.82, 2.24) is 10.3 Å². The average Bonchev–Trinajstić information content (AvgIpc) is 2.70. The standard InChI is InChI=1S/C22H22F6N2O3S/c1-20(2,34(32,33)17-5-3-4-15(10-17)21(23,24)25)16-8-14(9-16)19(31)30-12-13-6-7-18(29-11-13)22(26,27)28/h3-7,10-11,14,16H,8-9,12H2,1-2H3,(H,30,31). The summed E-state index contributed by atoms with van der Waals surface area (Å²) in [6.07, 6.45) is -7.82. The van der Waals surface area contributed by atoms with Crippen LogP contribution in [0.1, 0.15) is 43.5 Å². The number of hydrogen-bond acceptors (Lipinski definition) is 4. The fourth-order valence-electron chi connectivity index (χ4n) is 3.79. The molecule has 1 aromatic heterocycles. The van der Waals surface area contributed by atoms with Crippen LogP contribution in [0.25, 0.3) is 0 Å². The van der Waals surface area contributed by atoms with Gasteiger partial charge in [0.25, 0.3) is 0 Å². The monoisotopic (exact) mass is 508 g/mol. The van der Waals surface area contributed by atoms with E-state index in [4.69, 9.17) is 0 Å². The maximum absolute atomic E-state index is 13.1. The third-order valence-corrected chi connectivity index (χ3v) is 8.83. The first-order valence-corrected chi connectivity index (χ1v) is 11.7. The number of rotatable bonds is 6. The summed E-state index contributed by atoms with van der Waals surface area (Å²) in [5.41, 5.74) is -1.74. The maximum Gasteiger partial charge on any atom is 0.433 e. The molecule has 1 saturated carbocycles. The lowest BCUT2D eigenvalue weighted by Crippen LogP contribution is -2.50. The number of pyridine rings is 1. The Hall–Kier alpha value is -2.63. The second kappa shape index (κ2) is 8.86. The van der Waals surface area contributed by atoms with Gasteiger partial charge in [-0.05, 0) is 62.4 Å². The van der Waals surface area contributed by atoms with Gasteiger partial charge in [-0.2, -0.15) is 26.3 Å². The van der Waals surface area contributed by atoms with E-state index in [2.05, 4.69) is 10.3 Å². The summed E-state index contributed by atoms with van der Waals surface area (Å²) in [5, 5.41) is 2.59. The number of nitrogens with one attached hydrogen (secondary N) is 1. The second-order valence-corrected chi connectivity index (χ2v) is 11.3. The van der Waals surface area contributed by atoms with Crippen molar-refractivity contribution in [1.29, 1.82) is 0 Å². The van der Waals surface area contributed by atoms with E-state index < -0.39 is 54.9 Å². The quantitative estimate of drug-likeness (QED) is 0.557. The molecule has 0 spiro atoms. The summed E-state index contributed by atoms with van der Waals surface area (Å²) in [6.45, 7) is 2.81. The lowest BCUT2D eigenvalue weighted by molar-refractivity contribution is -0.141. The maximum atomic E-state index is 13.1. The van der Waals surface area contributed by atoms with Crippen LogP contribution in [0.2, 0.25) is 0 Å². The van der Waals surface area contributed by atoms with Gasteiger partial charge in [0, 0.05) is 18.7 Å². The molecule has 1 aliphatic carbocycles. The van der Waals surface area contributed by atoms with Gasteiger partial charge in [-0.1, -0.05) is 12.1 Å². The average molecular weight is 508 g/mol. The van der Waals surface area contributed by atoms with Gasteiger partial charge in [0.2, 0.25) is 5.91 Å². The fraction of sp³-hybridized carbons (Fsp3) is 0.455. The highest BCUT2D eigenvalue weighted by Crippen LogP contribution is 2.47. The van der Waals surface area contributed by atoms with Gasteiger partial charge in [-0.15, -0.1) is 0 Å². The first-order chi connectivity index (χ1) is 15.5. The molecule has 0 radical (unpaired) electrons. The van der Waals surface area contributed by atoms with Crippen molar-refractivity contribution in [3.63, 3.8) is 0 Å². The predicted molar refractivity (Wildman–Crippen MR) is 110 cm³/mol. The molecule has 0 atom stereocenters. The van der Waals surface area contributed by atoms with E-state index in [-0.39, 0.29) is 25.3 Å². The predicted octanol–water partition coefficient (Wildman–Crippen LogP) is 5.01. The molecule has 1 amide bonds. The minimum absolute atomic E-state index is 0.0446. The van der Waals surface area contributed by atoms with Crippen molar-refractivity contribution in [3.8, 4) is 0 Å². The molecule has 186 valence electrons. The Bertz CT molecular complexity index is 1150. The van der Waals surface area contributed by atoms with Crippen LogP contribution >= 0.6 is 0 Å². The first-order valence-electron chi connectivity index (χ1n) is 10.2. The molecule has 12 heteroatoms. The number of halogens is 6. The summed E-state index contributed by atoms with van der Waals surface area (Å²) in [5.74, 6) is -1.36. The Labute approximate surface area is 192 Å². The molecule has 1 N–H and O–H groups in total. The van der Waals surface area contributed by atoms with Crippen LogP contribution in [0.15, 0.2) is 47.5 Å². The molecule has 0 aliphatic heterocycles. The molecule has 1 heterocycles. The molecule has 34 heavy (non-hydrogen) atoms. The molecule has 2 aromatic rings. The number of carbonyl (C=O) groups excluding carboxylic acids is 1. The normalized spacial score (nSPS) is 19.4. The number of amides is 1. The SMILES string of the molecule is CC(C)(C1CC(C(=O)NCc2ccc(C(F)(F)F)nc2)C1)S(=O)(=O)c1cccc(C(F)(F)F)c1. The van der Waals surface area contributed by atoms with Crippen LogP contribution < -0.4 is 5.32 Å². The fourth-order valence-corrected chi connectivity index (χ4v) is 5.57. The number of sulfone groups is 1. The Balaban J connectivity index is 1.61. The van der Waals surface area contributed by atoms with Crippen molar-refractivity contribution in [2.75, 3.05) is 0 Å². The van der Waals surface area contributed by atoms with Gasteiger partial charge >= 0.3 is 12.4 Å². The van der Waals surface area contributed by atoms with E-state index in [1.807, 2.05) is 0 Å². The zero-order valence-corrected chi connectivity index (χ0v) is 19.0. The first kappa shape index (κ1) is 26.0. The van der Waals surface area contributed by atoms with E-state index in [0.717, 1.165) is 30.5 Å². The van der Waals surface area contributed by atoms with E-state index in [9.17, 15) is 39.6 Å². The van der Waals surface area contributed by atoms with Gasteiger partial charge < -0.3 is 5.32 Å². The summed E-state index contributed by atoms with van der Waals surface area (Å²) in [6, 6.07) is 5.57. The van der Waals surface area contributed by atoms with Crippen LogP contribution in [-0.4, -0.2) is 24.1 Å². The minimum Gasteiger partial charge on any atom is -0.352 e. The molecular formula is C22H22F6N2O3S. The number of benzene rings is 1. The number of carbonyl (C=O) groups is 1. The van der Waals surface area contributed by atoms with Crippen molar-refractivity contribution >= 4 is 15.7 Å². The van der Waals surface area contributed by atoms with E-state index in [1.165, 1.54) is 19.9 Å². The van der Waals surface area contributed by atoms with Crippen LogP contribution in [-0.2, 0) is 33.5 Å². The Morgan fingerprint density at radius 1 is 1.03 bits per heavy atom. The lowest BCUT2D eigenvalue weighted by Gasteiger charge is -2.44. The van der Waals surface area contributed by atoms with Crippen molar-refractivity contribution < 1.29 is 39.6 Å². The van der Waals surface area contributed by atoms with Crippen LogP contribution in [0.3, 0.4) is 0 Å². The van der Waals surface area contributed by atoms with Gasteiger partial charge in [-0.3, -0.25) is 9.78 Å². The third kappa shape index (κ3) is 5.21. The molecule has 1 fully saturated rings. The topological polar surface area (TPSA) is 76.1 Å². The van der Waals surface area contributed by atoms with Gasteiger partial charge in [-0.25, -0.2) is 8.42 Å². The number of aromatic nitrogens is 1. The Morgan fingerprint density at radius 3 is 2.21 bits per heavy atom. The lowest BCUT2D eigenvalue weighted by atomic mass is 9.68. The second-order valence-electron chi connectivity index (χ2n) is 8.76. The van der Waals surface area contributed by atoms with E-state index in [1.54, 1.807) is 0 Å². The number of nitrogens with zero attached hydrogens (tertiary/aromatic N) is 1. The molecular weight excluding hydrogens is 486 g/mol. The van der Waals surface area contributed by atoms with Crippen molar-refractivity contribution in [3.05, 3.63) is 59.4 Å². The molecule has 5 nitrogen and oxygen atoms in total. The highest BCUT2D eigenvalue weighted by Gasteiger charge is 2.50. The summed E-state index contributed by atoms with van der Waals surface area (Å²) < 4.78 is 101. The zero-order chi connectivity index (χ0) is 25.5. The molecule has 1 aromatic carbocycles. The zero-order valence-electron chi connectivity index (χ0n) is 18.2. The molecule has 1 aliphatic rings. The molecule has 0 unspecified atom stereocenters. The van der Waals surface area contributed by atoms with Crippen LogP contribution in [0.4, 0.5) is 26.3 Å². The van der Waals surface area contributed by atoms with Gasteiger partial charge in [0.15, 0.2) is 9.84 Å². The third-order valence-electron chi connectivity index (χ3n) is 6.24. The molecule has 0 saturated heterocycles. The molecule has 0 bridgehead atoms. The highest BCUT2D eigenvalue weighted by atomic mass is 32.2. The number of hydrogen-bond donors (Lipinski definition) is 1. The van der Waals surface area contributed by atoms with Gasteiger partial charge in [0.05, 0.1) is 15.2 Å². The number of alkyl halides is 6. The highest BCUT2D eigenvalue weighted by molar-refractivity contribution is 7.92. The van der Waals surface area contributed by atoms with Crippen LogP contribution in [0, 0.1) is 11.8 Å². The Kier molecular flexibility index (Phi) is 6.77. The minimum atomic E-state index is -4.68. The largest absolute Gasteiger partial charge is 0.433 e. The summed E-state index contributed by atoms with van der Waals surface area (Å²) in [4.78, 5) is 15.3. The van der Waals surface area contributed by atoms with Crippen LogP contribution in [0.5, 0.6) is 0 Å². The van der Waals surface area contributed by atoms with Crippen molar-refractivity contribution in [2.45, 2.75) is 55.2 Å². The smallest absolute Gasteiger partial charge is 0.352 e. The van der Waals surface area contributed by atoms with E-state index >= 15 is 0 Å². The summed E-state index contributed by atoms with van der Waals surface area (Å²) >= 11 is 0. The molecule has 3 rings (SSSR count).